The number of hydrogen-bond donors (Lipinski definition) is 5. The van der Waals surface area contributed by atoms with Crippen LogP contribution in [0.15, 0.2) is 24.3 Å². The Morgan fingerprint density at radius 1 is 0.794 bits per heavy atom. The summed E-state index contributed by atoms with van der Waals surface area (Å²) in [5.41, 5.74) is -1.50. The molecule has 0 aromatic rings. The van der Waals surface area contributed by atoms with Gasteiger partial charge in [0.2, 0.25) is 0 Å². The van der Waals surface area contributed by atoms with Crippen LogP contribution in [0.25, 0.3) is 0 Å². The fourth-order valence-electron chi connectivity index (χ4n) is 9.01. The van der Waals surface area contributed by atoms with E-state index < -0.39 is 140 Å². The molecular formula is C44H73NO18. The summed E-state index contributed by atoms with van der Waals surface area (Å²) in [5, 5.41) is 55.6. The maximum Gasteiger partial charge on any atom is 0.308 e. The number of carbonyl (C=O) groups is 3. The van der Waals surface area contributed by atoms with Crippen molar-refractivity contribution >= 4 is 18.0 Å². The fourth-order valence-corrected chi connectivity index (χ4v) is 9.01. The average Bonchev–Trinajstić information content (AvgIpc) is 3.21. The monoisotopic (exact) mass is 903 g/mol. The number of esters is 1. The summed E-state index contributed by atoms with van der Waals surface area (Å²) in [6.45, 7) is 9.81. The molecular weight excluding hydrogens is 830 g/mol. The lowest BCUT2D eigenvalue weighted by Gasteiger charge is -2.50. The third-order valence-electron chi connectivity index (χ3n) is 12.8. The first-order valence-corrected chi connectivity index (χ1v) is 21.8. The number of cyclic esters (lactones) is 1. The van der Waals surface area contributed by atoms with Crippen LogP contribution in [0.4, 0.5) is 0 Å². The molecule has 4 aliphatic heterocycles. The molecule has 5 N–H and O–H groups in total. The van der Waals surface area contributed by atoms with Crippen LogP contribution in [0.3, 0.4) is 0 Å². The Kier molecular flexibility index (Phi) is 20.2. The molecule has 0 amide bonds. The van der Waals surface area contributed by atoms with E-state index in [1.807, 2.05) is 0 Å². The van der Waals surface area contributed by atoms with Crippen LogP contribution in [0, 0.1) is 17.8 Å². The van der Waals surface area contributed by atoms with Crippen LogP contribution in [-0.2, 0) is 61.8 Å². The number of likely N-dealkylation sites (N-methyl/N-ethyl adjacent to an activating group) is 1. The predicted octanol–water partition coefficient (Wildman–Crippen LogP) is 0.432. The van der Waals surface area contributed by atoms with Gasteiger partial charge in [-0.05, 0) is 67.1 Å². The predicted molar refractivity (Wildman–Crippen MR) is 223 cm³/mol. The number of nitrogens with zero attached hydrogens (tertiary/aromatic N) is 1. The van der Waals surface area contributed by atoms with Crippen LogP contribution >= 0.6 is 0 Å². The zero-order chi connectivity index (χ0) is 46.9. The largest absolute Gasteiger partial charge is 0.462 e. The van der Waals surface area contributed by atoms with E-state index >= 15 is 0 Å². The molecule has 0 aliphatic carbocycles. The van der Waals surface area contributed by atoms with E-state index in [0.29, 0.717) is 6.29 Å². The van der Waals surface area contributed by atoms with Crippen molar-refractivity contribution < 1.29 is 87.3 Å². The van der Waals surface area contributed by atoms with Crippen LogP contribution in [0.2, 0.25) is 0 Å². The molecule has 0 aromatic carbocycles. The topological polar surface area (TPSA) is 248 Å². The summed E-state index contributed by atoms with van der Waals surface area (Å²) in [6.07, 6.45) is -9.95. The van der Waals surface area contributed by atoms with Crippen molar-refractivity contribution in [2.45, 2.75) is 177 Å². The molecule has 21 atom stereocenters. The Bertz CT molecular complexity index is 1510. The summed E-state index contributed by atoms with van der Waals surface area (Å²) in [7, 11) is 7.66. The summed E-state index contributed by atoms with van der Waals surface area (Å²) < 4.78 is 59.9. The van der Waals surface area contributed by atoms with Gasteiger partial charge in [0, 0.05) is 46.0 Å². The third-order valence-corrected chi connectivity index (χ3v) is 12.8. The van der Waals surface area contributed by atoms with Gasteiger partial charge in [0.15, 0.2) is 24.7 Å². The highest BCUT2D eigenvalue weighted by molar-refractivity contribution is 5.91. The molecule has 4 heterocycles. The third kappa shape index (κ3) is 13.4. The minimum Gasteiger partial charge on any atom is -0.462 e. The molecule has 19 heteroatoms. The van der Waals surface area contributed by atoms with Gasteiger partial charge in [-0.25, -0.2) is 0 Å². The summed E-state index contributed by atoms with van der Waals surface area (Å²) in [6, 6.07) is -0.787. The summed E-state index contributed by atoms with van der Waals surface area (Å²) in [5.74, 6) is -3.08. The van der Waals surface area contributed by atoms with Gasteiger partial charge in [-0.1, -0.05) is 25.2 Å². The minimum absolute atomic E-state index is 0.0435. The number of aldehydes is 1. The van der Waals surface area contributed by atoms with Crippen molar-refractivity contribution in [3.63, 3.8) is 0 Å². The second-order valence-corrected chi connectivity index (χ2v) is 17.8. The van der Waals surface area contributed by atoms with Gasteiger partial charge < -0.3 is 82.6 Å². The number of hydrogen-bond acceptors (Lipinski definition) is 19. The normalized spacial score (nSPS) is 46.0. The van der Waals surface area contributed by atoms with E-state index in [4.69, 9.17) is 47.4 Å². The lowest BCUT2D eigenvalue weighted by atomic mass is 9.83. The highest BCUT2D eigenvalue weighted by atomic mass is 16.7. The van der Waals surface area contributed by atoms with Crippen molar-refractivity contribution in [3.8, 4) is 0 Å². The van der Waals surface area contributed by atoms with E-state index in [1.165, 1.54) is 34.3 Å². The first-order chi connectivity index (χ1) is 29.7. The summed E-state index contributed by atoms with van der Waals surface area (Å²) >= 11 is 0. The Balaban J connectivity index is 1.60. The van der Waals surface area contributed by atoms with Crippen LogP contribution in [0.5, 0.6) is 0 Å². The van der Waals surface area contributed by atoms with Gasteiger partial charge in [0.05, 0.1) is 55.2 Å². The van der Waals surface area contributed by atoms with Gasteiger partial charge in [-0.3, -0.25) is 9.59 Å². The van der Waals surface area contributed by atoms with Crippen LogP contribution < -0.4 is 0 Å². The Morgan fingerprint density at radius 2 is 1.44 bits per heavy atom. The van der Waals surface area contributed by atoms with E-state index in [2.05, 4.69) is 0 Å². The number of rotatable bonds is 13. The van der Waals surface area contributed by atoms with Gasteiger partial charge >= 0.3 is 5.97 Å². The quantitative estimate of drug-likeness (QED) is 0.124. The number of aliphatic hydroxyl groups is 5. The first-order valence-electron chi connectivity index (χ1n) is 21.8. The Hall–Kier alpha value is -2.31. The SMILES string of the molecule is COC1C(OC[C@H]2/C=C/C=C/C(=O)[C@H](C)C[C@H](CC=O)[C@H](OC3OC(C)C(OC4CC(C)(O)C(O)C(C)O4)C(N(C)C)C3O)[C@@H](OC)[C@H](O)CC(=O)O[C@@H]2C)OC(C)C(O)C1OC. The zero-order valence-electron chi connectivity index (χ0n) is 38.5. The highest BCUT2D eigenvalue weighted by Crippen LogP contribution is 2.37. The molecule has 4 aliphatic rings. The maximum atomic E-state index is 13.6. The van der Waals surface area contributed by atoms with Crippen molar-refractivity contribution in [3.05, 3.63) is 24.3 Å². The molecule has 19 nitrogen and oxygen atoms in total. The van der Waals surface area contributed by atoms with E-state index in [9.17, 15) is 39.9 Å². The molecule has 0 radical (unpaired) electrons. The molecule has 3 saturated heterocycles. The lowest BCUT2D eigenvalue weighted by Crippen LogP contribution is -2.65. The number of carbonyl (C=O) groups excluding carboxylic acids is 3. The maximum absolute atomic E-state index is 13.6. The molecule has 4 rings (SSSR count). The second kappa shape index (κ2) is 23.9. The molecule has 362 valence electrons. The number of ketones is 1. The van der Waals surface area contributed by atoms with Crippen LogP contribution in [0.1, 0.15) is 67.2 Å². The van der Waals surface area contributed by atoms with Crippen molar-refractivity contribution in [1.82, 2.24) is 4.90 Å². The van der Waals surface area contributed by atoms with E-state index in [-0.39, 0.29) is 31.7 Å². The number of methoxy groups -OCH3 is 3. The van der Waals surface area contributed by atoms with E-state index in [1.54, 1.807) is 71.8 Å². The molecule has 3 fully saturated rings. The minimum atomic E-state index is -1.57. The van der Waals surface area contributed by atoms with E-state index in [0.717, 1.165) is 0 Å². The fraction of sp³-hybridized carbons (Fsp3) is 0.841. The zero-order valence-corrected chi connectivity index (χ0v) is 38.5. The lowest BCUT2D eigenvalue weighted by molar-refractivity contribution is -0.344. The van der Waals surface area contributed by atoms with Crippen molar-refractivity contribution in [2.75, 3.05) is 42.0 Å². The van der Waals surface area contributed by atoms with Crippen molar-refractivity contribution in [2.24, 2.45) is 17.8 Å². The molecule has 63 heavy (non-hydrogen) atoms. The molecule has 0 saturated carbocycles. The Morgan fingerprint density at radius 3 is 2.05 bits per heavy atom. The van der Waals surface area contributed by atoms with Gasteiger partial charge in [0.25, 0.3) is 0 Å². The van der Waals surface area contributed by atoms with Gasteiger partial charge in [-0.15, -0.1) is 0 Å². The van der Waals surface area contributed by atoms with Gasteiger partial charge in [-0.2, -0.15) is 0 Å². The number of allylic oxidation sites excluding steroid dienone is 3. The summed E-state index contributed by atoms with van der Waals surface area (Å²) in [4.78, 5) is 41.1. The smallest absolute Gasteiger partial charge is 0.308 e. The van der Waals surface area contributed by atoms with Crippen LogP contribution in [-0.4, -0.2) is 200 Å². The second-order valence-electron chi connectivity index (χ2n) is 17.8. The molecule has 0 bridgehead atoms. The Labute approximate surface area is 370 Å². The average molecular weight is 904 g/mol. The molecule has 14 unspecified atom stereocenters. The van der Waals surface area contributed by atoms with Crippen molar-refractivity contribution in [1.29, 1.82) is 0 Å². The first kappa shape index (κ1) is 53.3. The number of ether oxygens (including phenoxy) is 10. The highest BCUT2D eigenvalue weighted by Gasteiger charge is 2.52. The molecule has 0 aromatic heterocycles. The molecule has 0 spiro atoms. The standard InChI is InChI=1S/C44H73NO18/c1-22-18-27(16-17-46)37(63-42-35(51)33(45(7)8)36(25(4)61-42)62-32-20-44(6,53)41(52)26(5)59-32)38(54-9)30(48)19-31(49)58-23(2)28(14-12-13-15-29(22)47)21-57-43-40(56-11)39(55-10)34(50)24(3)60-43/h12-15,17,22-28,30,32-43,48,50-53H,16,18-21H2,1-11H3/b14-12+,15-13+/t22-,23-,24?,25?,26?,27+,28-,30-,32?,33?,34?,35?,36?,37+,38+,39?,40?,41?,42?,43?,44?/m1/s1. The van der Waals surface area contributed by atoms with Gasteiger partial charge in [0.1, 0.15) is 55.1 Å². The number of aliphatic hydroxyl groups excluding tert-OH is 4.